The summed E-state index contributed by atoms with van der Waals surface area (Å²) in [5.41, 5.74) is 6.10. The lowest BCUT2D eigenvalue weighted by molar-refractivity contribution is 0.358. The average Bonchev–Trinajstić information content (AvgIpc) is 2.55. The Morgan fingerprint density at radius 1 is 1.13 bits per heavy atom. The number of hydrogen-bond donors (Lipinski definition) is 0. The highest BCUT2D eigenvalue weighted by Gasteiger charge is 2.31. The number of allylic oxidation sites excluding steroid dienone is 5. The van der Waals surface area contributed by atoms with Gasteiger partial charge in [-0.05, 0) is 35.8 Å². The minimum Gasteiger partial charge on any atom is -0.253 e. The van der Waals surface area contributed by atoms with Crippen molar-refractivity contribution in [2.45, 2.75) is 39.5 Å². The molecule has 0 atom stereocenters. The van der Waals surface area contributed by atoms with Crippen LogP contribution in [0.1, 0.15) is 39.5 Å². The Bertz CT molecular complexity index is 430. The molecule has 0 radical (unpaired) electrons. The summed E-state index contributed by atoms with van der Waals surface area (Å²) in [5, 5.41) is 0. The standard InChI is InChI=1S/C14H17N/c1-14(2)8-7-13-11(9-14)10-5-3-4-6-12(10)15-13/h3-4,7H,5-6,8-9H2,1-2H3. The van der Waals surface area contributed by atoms with Gasteiger partial charge in [0.2, 0.25) is 0 Å². The van der Waals surface area contributed by atoms with Crippen molar-refractivity contribution >= 4 is 5.71 Å². The zero-order chi connectivity index (χ0) is 10.5. The molecule has 0 fully saturated rings. The molecule has 3 rings (SSSR count). The third-order valence-corrected chi connectivity index (χ3v) is 3.58. The van der Waals surface area contributed by atoms with Gasteiger partial charge in [0.15, 0.2) is 0 Å². The van der Waals surface area contributed by atoms with E-state index in [1.807, 2.05) is 0 Å². The van der Waals surface area contributed by atoms with Gasteiger partial charge in [-0.3, -0.25) is 4.99 Å². The van der Waals surface area contributed by atoms with E-state index >= 15 is 0 Å². The third-order valence-electron chi connectivity index (χ3n) is 3.58. The smallest absolute Gasteiger partial charge is 0.0629 e. The van der Waals surface area contributed by atoms with Gasteiger partial charge in [0.1, 0.15) is 0 Å². The molecule has 0 N–H and O–H groups in total. The molecule has 78 valence electrons. The van der Waals surface area contributed by atoms with E-state index in [0.29, 0.717) is 5.41 Å². The summed E-state index contributed by atoms with van der Waals surface area (Å²) < 4.78 is 0. The van der Waals surface area contributed by atoms with Crippen molar-refractivity contribution in [2.24, 2.45) is 10.4 Å². The summed E-state index contributed by atoms with van der Waals surface area (Å²) in [4.78, 5) is 4.75. The van der Waals surface area contributed by atoms with E-state index in [9.17, 15) is 0 Å². The highest BCUT2D eigenvalue weighted by Crippen LogP contribution is 2.44. The van der Waals surface area contributed by atoms with Crippen LogP contribution in [0.5, 0.6) is 0 Å². The zero-order valence-electron chi connectivity index (χ0n) is 9.51. The molecule has 0 aromatic rings. The van der Waals surface area contributed by atoms with Crippen LogP contribution >= 0.6 is 0 Å². The molecular weight excluding hydrogens is 182 g/mol. The summed E-state index contributed by atoms with van der Waals surface area (Å²) in [6, 6.07) is 0. The fraction of sp³-hybridized carbons (Fsp3) is 0.500. The first-order valence-corrected chi connectivity index (χ1v) is 5.81. The second-order valence-corrected chi connectivity index (χ2v) is 5.53. The molecule has 1 aliphatic heterocycles. The van der Waals surface area contributed by atoms with Crippen LogP contribution in [-0.4, -0.2) is 5.71 Å². The predicted molar refractivity (Wildman–Crippen MR) is 63.9 cm³/mol. The van der Waals surface area contributed by atoms with Crippen molar-refractivity contribution in [3.63, 3.8) is 0 Å². The highest BCUT2D eigenvalue weighted by atomic mass is 14.8. The van der Waals surface area contributed by atoms with Gasteiger partial charge in [0.25, 0.3) is 0 Å². The molecule has 0 bridgehead atoms. The first-order chi connectivity index (χ1) is 7.16. The SMILES string of the molecule is CC1(C)CC=C2N=C3CC=CCC3=C2C1. The van der Waals surface area contributed by atoms with Crippen molar-refractivity contribution in [1.29, 1.82) is 0 Å². The summed E-state index contributed by atoms with van der Waals surface area (Å²) in [6.07, 6.45) is 11.4. The van der Waals surface area contributed by atoms with Crippen LogP contribution in [0.3, 0.4) is 0 Å². The molecule has 3 aliphatic rings. The van der Waals surface area contributed by atoms with E-state index in [1.54, 1.807) is 0 Å². The molecule has 0 aromatic carbocycles. The maximum atomic E-state index is 4.75. The fourth-order valence-corrected chi connectivity index (χ4v) is 2.70. The van der Waals surface area contributed by atoms with E-state index < -0.39 is 0 Å². The Morgan fingerprint density at radius 2 is 1.93 bits per heavy atom. The van der Waals surface area contributed by atoms with Gasteiger partial charge in [0, 0.05) is 12.1 Å². The predicted octanol–water partition coefficient (Wildman–Crippen LogP) is 3.79. The minimum atomic E-state index is 0.429. The Kier molecular flexibility index (Phi) is 1.79. The monoisotopic (exact) mass is 199 g/mol. The lowest BCUT2D eigenvalue weighted by Gasteiger charge is -2.29. The summed E-state index contributed by atoms with van der Waals surface area (Å²) in [6.45, 7) is 4.70. The third kappa shape index (κ3) is 1.41. The van der Waals surface area contributed by atoms with E-state index in [0.717, 1.165) is 12.8 Å². The molecular formula is C14H17N. The molecule has 1 heterocycles. The number of rotatable bonds is 0. The van der Waals surface area contributed by atoms with Crippen LogP contribution in [0.15, 0.2) is 40.1 Å². The van der Waals surface area contributed by atoms with Gasteiger partial charge in [0.05, 0.1) is 5.70 Å². The number of nitrogens with zero attached hydrogens (tertiary/aromatic N) is 1. The molecule has 0 saturated heterocycles. The maximum Gasteiger partial charge on any atom is 0.0629 e. The van der Waals surface area contributed by atoms with E-state index in [2.05, 4.69) is 32.1 Å². The normalized spacial score (nSPS) is 27.1. The largest absolute Gasteiger partial charge is 0.253 e. The molecule has 1 heteroatoms. The van der Waals surface area contributed by atoms with E-state index in [4.69, 9.17) is 4.99 Å². The zero-order valence-corrected chi connectivity index (χ0v) is 9.51. The molecule has 1 nitrogen and oxygen atoms in total. The second-order valence-electron chi connectivity index (χ2n) is 5.53. The van der Waals surface area contributed by atoms with Gasteiger partial charge in [-0.1, -0.05) is 32.1 Å². The quantitative estimate of drug-likeness (QED) is 0.526. The summed E-state index contributed by atoms with van der Waals surface area (Å²) in [5.74, 6) is 0. The van der Waals surface area contributed by atoms with Gasteiger partial charge >= 0.3 is 0 Å². The van der Waals surface area contributed by atoms with E-state index in [1.165, 1.54) is 35.4 Å². The average molecular weight is 199 g/mol. The number of aliphatic imine (C=N–C) groups is 1. The molecule has 15 heavy (non-hydrogen) atoms. The lowest BCUT2D eigenvalue weighted by Crippen LogP contribution is -2.16. The van der Waals surface area contributed by atoms with Gasteiger partial charge in [-0.25, -0.2) is 0 Å². The molecule has 0 amide bonds. The minimum absolute atomic E-state index is 0.429. The van der Waals surface area contributed by atoms with Crippen molar-refractivity contribution in [3.05, 3.63) is 35.1 Å². The van der Waals surface area contributed by atoms with Crippen LogP contribution in [0.25, 0.3) is 0 Å². The molecule has 2 aliphatic carbocycles. The lowest BCUT2D eigenvalue weighted by atomic mass is 9.76. The van der Waals surface area contributed by atoms with Crippen LogP contribution in [0.2, 0.25) is 0 Å². The van der Waals surface area contributed by atoms with E-state index in [-0.39, 0.29) is 0 Å². The number of fused-ring (bicyclic) bond motifs is 2. The summed E-state index contributed by atoms with van der Waals surface area (Å²) in [7, 11) is 0. The van der Waals surface area contributed by atoms with Crippen molar-refractivity contribution in [1.82, 2.24) is 0 Å². The Morgan fingerprint density at radius 3 is 2.80 bits per heavy atom. The fourth-order valence-electron chi connectivity index (χ4n) is 2.70. The molecule has 0 saturated carbocycles. The van der Waals surface area contributed by atoms with Crippen molar-refractivity contribution in [3.8, 4) is 0 Å². The Hall–Kier alpha value is -1.11. The maximum absolute atomic E-state index is 4.75. The van der Waals surface area contributed by atoms with Gasteiger partial charge < -0.3 is 0 Å². The first-order valence-electron chi connectivity index (χ1n) is 5.81. The van der Waals surface area contributed by atoms with Crippen LogP contribution in [0, 0.1) is 5.41 Å². The van der Waals surface area contributed by atoms with Crippen LogP contribution in [-0.2, 0) is 0 Å². The van der Waals surface area contributed by atoms with Crippen molar-refractivity contribution in [2.75, 3.05) is 0 Å². The number of hydrogen-bond acceptors (Lipinski definition) is 1. The molecule has 0 unspecified atom stereocenters. The first kappa shape index (κ1) is 9.14. The highest BCUT2D eigenvalue weighted by molar-refractivity contribution is 6.06. The topological polar surface area (TPSA) is 12.4 Å². The molecule has 0 aromatic heterocycles. The molecule has 0 spiro atoms. The van der Waals surface area contributed by atoms with Crippen LogP contribution < -0.4 is 0 Å². The van der Waals surface area contributed by atoms with Crippen molar-refractivity contribution < 1.29 is 0 Å². The summed E-state index contributed by atoms with van der Waals surface area (Å²) >= 11 is 0. The Balaban J connectivity index is 2.07. The Labute approximate surface area is 91.3 Å². The second kappa shape index (κ2) is 2.94. The van der Waals surface area contributed by atoms with Crippen LogP contribution in [0.4, 0.5) is 0 Å². The van der Waals surface area contributed by atoms with Gasteiger partial charge in [-0.2, -0.15) is 0 Å². The van der Waals surface area contributed by atoms with Gasteiger partial charge in [-0.15, -0.1) is 0 Å².